The van der Waals surface area contributed by atoms with Crippen LogP contribution in [0.3, 0.4) is 0 Å². The molecule has 3 rings (SSSR count). The highest BCUT2D eigenvalue weighted by atomic mass is 127. The molecular weight excluding hydrogens is 527 g/mol. The van der Waals surface area contributed by atoms with Crippen molar-refractivity contribution in [2.24, 2.45) is 16.6 Å². The molecule has 1 aromatic carbocycles. The fraction of sp³-hybridized carbons (Fsp3) is 0.680. The lowest BCUT2D eigenvalue weighted by atomic mass is 9.96. The van der Waals surface area contributed by atoms with Gasteiger partial charge in [0, 0.05) is 32.6 Å². The Morgan fingerprint density at radius 3 is 2.27 bits per heavy atom. The Bertz CT molecular complexity index is 712. The minimum absolute atomic E-state index is 0. The number of carbonyl (C=O) groups is 1. The first-order valence-electron chi connectivity index (χ1n) is 12.4. The summed E-state index contributed by atoms with van der Waals surface area (Å²) < 4.78 is 0. The van der Waals surface area contributed by atoms with Crippen LogP contribution in [0.5, 0.6) is 0 Å². The number of amides is 1. The van der Waals surface area contributed by atoms with Crippen molar-refractivity contribution in [3.05, 3.63) is 35.4 Å². The van der Waals surface area contributed by atoms with Gasteiger partial charge in [0.1, 0.15) is 0 Å². The van der Waals surface area contributed by atoms with Crippen molar-refractivity contribution in [2.45, 2.75) is 58.0 Å². The molecule has 0 unspecified atom stereocenters. The van der Waals surface area contributed by atoms with Gasteiger partial charge in [-0.1, -0.05) is 30.7 Å². The average Bonchev–Trinajstić information content (AvgIpc) is 2.83. The van der Waals surface area contributed by atoms with Crippen molar-refractivity contribution in [3.8, 4) is 0 Å². The van der Waals surface area contributed by atoms with E-state index in [4.69, 9.17) is 5.73 Å². The highest BCUT2D eigenvalue weighted by Gasteiger charge is 2.22. The number of nitrogens with one attached hydrogen (secondary N) is 2. The van der Waals surface area contributed by atoms with Gasteiger partial charge in [0.15, 0.2) is 5.96 Å². The lowest BCUT2D eigenvalue weighted by Gasteiger charge is -2.30. The number of hydrogen-bond acceptors (Lipinski definition) is 4. The molecular formula is C25H43IN6O. The first-order chi connectivity index (χ1) is 15.6. The minimum atomic E-state index is -0.138. The van der Waals surface area contributed by atoms with Crippen LogP contribution in [0.15, 0.2) is 29.3 Å². The number of primary amides is 1. The molecule has 0 radical (unpaired) electrons. The summed E-state index contributed by atoms with van der Waals surface area (Å²) in [6, 6.07) is 8.96. The number of carbonyl (C=O) groups excluding carboxylic acids is 1. The summed E-state index contributed by atoms with van der Waals surface area (Å²) in [6.45, 7) is 8.29. The van der Waals surface area contributed by atoms with E-state index in [1.807, 2.05) is 7.05 Å². The van der Waals surface area contributed by atoms with Crippen LogP contribution >= 0.6 is 24.0 Å². The minimum Gasteiger partial charge on any atom is -0.369 e. The highest BCUT2D eigenvalue weighted by molar-refractivity contribution is 14.0. The third-order valence-corrected chi connectivity index (χ3v) is 6.74. The van der Waals surface area contributed by atoms with Crippen LogP contribution in [0.25, 0.3) is 0 Å². The van der Waals surface area contributed by atoms with Crippen LogP contribution in [-0.4, -0.2) is 68.0 Å². The number of nitrogens with zero attached hydrogens (tertiary/aromatic N) is 3. The van der Waals surface area contributed by atoms with E-state index >= 15 is 0 Å². The number of benzene rings is 1. The molecule has 8 heteroatoms. The molecule has 1 aromatic rings. The summed E-state index contributed by atoms with van der Waals surface area (Å²) in [7, 11) is 1.82. The van der Waals surface area contributed by atoms with Gasteiger partial charge in [0.05, 0.1) is 0 Å². The van der Waals surface area contributed by atoms with Crippen LogP contribution < -0.4 is 16.4 Å². The molecule has 0 saturated carbocycles. The standard InChI is InChI=1S/C25H42N6O.HI/c1-27-25(28-13-3-6-14-30-17-11-23(12-18-30)24(26)32)29-19-21-7-9-22(10-8-21)20-31-15-4-2-5-16-31;/h7-10,23H,2-6,11-20H2,1H3,(H2,26,32)(H2,27,28,29);1H. The van der Waals surface area contributed by atoms with E-state index in [1.165, 1.54) is 43.5 Å². The fourth-order valence-electron chi connectivity index (χ4n) is 4.65. The molecule has 0 spiro atoms. The highest BCUT2D eigenvalue weighted by Crippen LogP contribution is 2.17. The maximum absolute atomic E-state index is 11.3. The number of halogens is 1. The second kappa shape index (κ2) is 15.5. The molecule has 2 fully saturated rings. The molecule has 33 heavy (non-hydrogen) atoms. The summed E-state index contributed by atoms with van der Waals surface area (Å²) in [5.41, 5.74) is 8.08. The number of aliphatic imine (C=N–C) groups is 1. The van der Waals surface area contributed by atoms with Crippen LogP contribution in [0, 0.1) is 5.92 Å². The smallest absolute Gasteiger partial charge is 0.220 e. The van der Waals surface area contributed by atoms with Gasteiger partial charge in [0.25, 0.3) is 0 Å². The van der Waals surface area contributed by atoms with Gasteiger partial charge in [-0.3, -0.25) is 14.7 Å². The SMILES string of the molecule is CN=C(NCCCCN1CCC(C(N)=O)CC1)NCc1ccc(CN2CCCCC2)cc1.I. The number of hydrogen-bond donors (Lipinski definition) is 3. The van der Waals surface area contributed by atoms with Gasteiger partial charge < -0.3 is 21.3 Å². The Morgan fingerprint density at radius 2 is 1.64 bits per heavy atom. The number of guanidine groups is 1. The molecule has 2 aliphatic heterocycles. The Labute approximate surface area is 217 Å². The topological polar surface area (TPSA) is 86.0 Å². The van der Waals surface area contributed by atoms with Gasteiger partial charge in [-0.15, -0.1) is 24.0 Å². The Kier molecular flexibility index (Phi) is 13.1. The third kappa shape index (κ3) is 10.2. The van der Waals surface area contributed by atoms with Crippen molar-refractivity contribution < 1.29 is 4.79 Å². The summed E-state index contributed by atoms with van der Waals surface area (Å²) in [5.74, 6) is 0.791. The lowest BCUT2D eigenvalue weighted by molar-refractivity contribution is -0.123. The Hall–Kier alpha value is -1.39. The van der Waals surface area contributed by atoms with Gasteiger partial charge >= 0.3 is 0 Å². The van der Waals surface area contributed by atoms with E-state index in [9.17, 15) is 4.79 Å². The second-order valence-corrected chi connectivity index (χ2v) is 9.23. The Morgan fingerprint density at radius 1 is 0.970 bits per heavy atom. The van der Waals surface area contributed by atoms with Gasteiger partial charge in [-0.05, 0) is 82.4 Å². The molecule has 2 heterocycles. The van der Waals surface area contributed by atoms with E-state index in [0.29, 0.717) is 0 Å². The van der Waals surface area contributed by atoms with Crippen LogP contribution in [-0.2, 0) is 17.9 Å². The number of nitrogens with two attached hydrogens (primary N) is 1. The predicted molar refractivity (Wildman–Crippen MR) is 147 cm³/mol. The average molecular weight is 571 g/mol. The van der Waals surface area contributed by atoms with E-state index < -0.39 is 0 Å². The third-order valence-electron chi connectivity index (χ3n) is 6.74. The van der Waals surface area contributed by atoms with Crippen molar-refractivity contribution in [1.29, 1.82) is 0 Å². The van der Waals surface area contributed by atoms with Crippen molar-refractivity contribution in [3.63, 3.8) is 0 Å². The number of rotatable bonds is 10. The molecule has 2 aliphatic rings. The zero-order chi connectivity index (χ0) is 22.6. The first-order valence-corrected chi connectivity index (χ1v) is 12.4. The quantitative estimate of drug-likeness (QED) is 0.174. The molecule has 0 aliphatic carbocycles. The zero-order valence-corrected chi connectivity index (χ0v) is 22.6. The van der Waals surface area contributed by atoms with E-state index in [0.717, 1.165) is 70.9 Å². The van der Waals surface area contributed by atoms with Gasteiger partial charge in [0.2, 0.25) is 5.91 Å². The molecule has 0 bridgehead atoms. The van der Waals surface area contributed by atoms with Crippen molar-refractivity contribution in [2.75, 3.05) is 46.3 Å². The molecule has 0 aromatic heterocycles. The summed E-state index contributed by atoms with van der Waals surface area (Å²) in [6.07, 6.45) is 8.11. The van der Waals surface area contributed by atoms with E-state index in [1.54, 1.807) is 0 Å². The first kappa shape index (κ1) is 27.9. The maximum Gasteiger partial charge on any atom is 0.220 e. The molecule has 4 N–H and O–H groups in total. The molecule has 0 atom stereocenters. The molecule has 2 saturated heterocycles. The van der Waals surface area contributed by atoms with Crippen molar-refractivity contribution >= 4 is 35.8 Å². The van der Waals surface area contributed by atoms with E-state index in [-0.39, 0.29) is 35.8 Å². The Balaban J connectivity index is 0.00000385. The van der Waals surface area contributed by atoms with Crippen LogP contribution in [0.2, 0.25) is 0 Å². The molecule has 1 amide bonds. The monoisotopic (exact) mass is 570 g/mol. The molecule has 186 valence electrons. The maximum atomic E-state index is 11.3. The summed E-state index contributed by atoms with van der Waals surface area (Å²) in [4.78, 5) is 20.6. The number of likely N-dealkylation sites (tertiary alicyclic amines) is 2. The van der Waals surface area contributed by atoms with Crippen molar-refractivity contribution in [1.82, 2.24) is 20.4 Å². The fourth-order valence-corrected chi connectivity index (χ4v) is 4.65. The van der Waals surface area contributed by atoms with Crippen LogP contribution in [0.1, 0.15) is 56.1 Å². The normalized spacial score (nSPS) is 18.5. The molecule has 7 nitrogen and oxygen atoms in total. The number of piperidine rings is 2. The number of unbranched alkanes of at least 4 members (excludes halogenated alkanes) is 1. The zero-order valence-electron chi connectivity index (χ0n) is 20.2. The van der Waals surface area contributed by atoms with Gasteiger partial charge in [-0.25, -0.2) is 0 Å². The summed E-state index contributed by atoms with van der Waals surface area (Å²) in [5, 5.41) is 6.83. The largest absolute Gasteiger partial charge is 0.369 e. The van der Waals surface area contributed by atoms with Gasteiger partial charge in [-0.2, -0.15) is 0 Å². The van der Waals surface area contributed by atoms with E-state index in [2.05, 4.69) is 49.7 Å². The van der Waals surface area contributed by atoms with Crippen LogP contribution in [0.4, 0.5) is 0 Å². The predicted octanol–water partition coefficient (Wildman–Crippen LogP) is 2.93. The lowest BCUT2D eigenvalue weighted by Crippen LogP contribution is -2.39. The second-order valence-electron chi connectivity index (χ2n) is 9.23. The summed E-state index contributed by atoms with van der Waals surface area (Å²) >= 11 is 0.